The fraction of sp³-hybridized carbons (Fsp3) is 0.200. The summed E-state index contributed by atoms with van der Waals surface area (Å²) in [5.41, 5.74) is 1.72. The van der Waals surface area contributed by atoms with Crippen molar-refractivity contribution in [2.24, 2.45) is 0 Å². The van der Waals surface area contributed by atoms with E-state index in [1.54, 1.807) is 19.1 Å². The Morgan fingerprint density at radius 1 is 1.20 bits per heavy atom. The highest BCUT2D eigenvalue weighted by atomic mass is 32.2. The van der Waals surface area contributed by atoms with E-state index >= 15 is 0 Å². The maximum atomic E-state index is 11.2. The summed E-state index contributed by atoms with van der Waals surface area (Å²) in [5.74, 6) is 0. The van der Waals surface area contributed by atoms with E-state index in [2.05, 4.69) is 0 Å². The van der Waals surface area contributed by atoms with Gasteiger partial charge < -0.3 is 5.11 Å². The smallest absolute Gasteiger partial charge is 0.283 e. The molecule has 104 valence electrons. The van der Waals surface area contributed by atoms with Crippen molar-refractivity contribution in [3.05, 3.63) is 63.7 Å². The maximum absolute atomic E-state index is 11.2. The van der Waals surface area contributed by atoms with Gasteiger partial charge in [-0.05, 0) is 37.6 Å². The summed E-state index contributed by atoms with van der Waals surface area (Å²) in [6, 6.07) is 12.6. The van der Waals surface area contributed by atoms with Gasteiger partial charge in [-0.15, -0.1) is 0 Å². The van der Waals surface area contributed by atoms with E-state index in [0.29, 0.717) is 10.5 Å². The Balaban J connectivity index is 2.35. The lowest BCUT2D eigenvalue weighted by Crippen LogP contribution is -1.96. The lowest BCUT2D eigenvalue weighted by molar-refractivity contribution is -0.387. The molecule has 0 heterocycles. The average molecular weight is 289 g/mol. The van der Waals surface area contributed by atoms with Gasteiger partial charge >= 0.3 is 0 Å². The minimum Gasteiger partial charge on any atom is -0.389 e. The van der Waals surface area contributed by atoms with E-state index in [1.807, 2.05) is 31.2 Å². The molecule has 1 N–H and O–H groups in total. The van der Waals surface area contributed by atoms with Crippen LogP contribution in [-0.4, -0.2) is 10.0 Å². The fourth-order valence-corrected chi connectivity index (χ4v) is 2.66. The molecule has 0 aliphatic rings. The molecule has 0 unspecified atom stereocenters. The zero-order chi connectivity index (χ0) is 14.7. The van der Waals surface area contributed by atoms with Gasteiger partial charge in [0.1, 0.15) is 0 Å². The van der Waals surface area contributed by atoms with Crippen LogP contribution >= 0.6 is 11.8 Å². The van der Waals surface area contributed by atoms with Gasteiger partial charge in [-0.25, -0.2) is 0 Å². The number of benzene rings is 2. The minimum absolute atomic E-state index is 0.0222. The van der Waals surface area contributed by atoms with Crippen molar-refractivity contribution < 1.29 is 10.0 Å². The highest BCUT2D eigenvalue weighted by Gasteiger charge is 2.17. The van der Waals surface area contributed by atoms with Crippen molar-refractivity contribution >= 4 is 17.4 Å². The summed E-state index contributed by atoms with van der Waals surface area (Å²) < 4.78 is 0. The van der Waals surface area contributed by atoms with Crippen molar-refractivity contribution in [2.45, 2.75) is 29.7 Å². The summed E-state index contributed by atoms with van der Waals surface area (Å²) in [5, 5.41) is 20.7. The molecule has 0 spiro atoms. The first-order valence-electron chi connectivity index (χ1n) is 6.18. The lowest BCUT2D eigenvalue weighted by Gasteiger charge is -2.08. The average Bonchev–Trinajstić information content (AvgIpc) is 2.41. The molecule has 0 aliphatic heterocycles. The number of hydrogen-bond donors (Lipinski definition) is 1. The molecule has 0 fully saturated rings. The van der Waals surface area contributed by atoms with Crippen LogP contribution in [0.1, 0.15) is 24.2 Å². The molecule has 0 bridgehead atoms. The summed E-state index contributed by atoms with van der Waals surface area (Å²) in [4.78, 5) is 12.3. The lowest BCUT2D eigenvalue weighted by atomic mass is 10.1. The molecule has 5 heteroatoms. The predicted molar refractivity (Wildman–Crippen MR) is 79.0 cm³/mol. The van der Waals surface area contributed by atoms with Gasteiger partial charge in [0.25, 0.3) is 5.69 Å². The molecule has 2 rings (SSSR count). The van der Waals surface area contributed by atoms with Gasteiger partial charge in [0, 0.05) is 11.0 Å². The Bertz CT molecular complexity index is 624. The van der Waals surface area contributed by atoms with E-state index in [4.69, 9.17) is 0 Å². The van der Waals surface area contributed by atoms with Crippen LogP contribution in [0, 0.1) is 17.0 Å². The molecule has 0 saturated carbocycles. The molecular formula is C15H15NO3S. The first kappa shape index (κ1) is 14.6. The number of nitrogens with zero attached hydrogens (tertiary/aromatic N) is 1. The molecule has 0 saturated heterocycles. The van der Waals surface area contributed by atoms with Crippen LogP contribution in [0.15, 0.2) is 52.3 Å². The zero-order valence-electron chi connectivity index (χ0n) is 11.2. The Kier molecular flexibility index (Phi) is 4.42. The van der Waals surface area contributed by atoms with Crippen LogP contribution in [0.5, 0.6) is 0 Å². The third-order valence-electron chi connectivity index (χ3n) is 2.91. The van der Waals surface area contributed by atoms with Crippen molar-refractivity contribution in [1.82, 2.24) is 0 Å². The van der Waals surface area contributed by atoms with Crippen LogP contribution in [0.2, 0.25) is 0 Å². The number of aliphatic hydroxyl groups is 1. The normalized spacial score (nSPS) is 12.2. The van der Waals surface area contributed by atoms with Crippen LogP contribution < -0.4 is 0 Å². The van der Waals surface area contributed by atoms with E-state index < -0.39 is 11.0 Å². The van der Waals surface area contributed by atoms with Gasteiger partial charge in [-0.2, -0.15) is 0 Å². The van der Waals surface area contributed by atoms with Gasteiger partial charge in [0.15, 0.2) is 0 Å². The van der Waals surface area contributed by atoms with Crippen molar-refractivity contribution in [3.8, 4) is 0 Å². The number of hydrogen-bond acceptors (Lipinski definition) is 4. The molecular weight excluding hydrogens is 274 g/mol. The highest BCUT2D eigenvalue weighted by Crippen LogP contribution is 2.36. The molecule has 1 atom stereocenters. The maximum Gasteiger partial charge on any atom is 0.283 e. The van der Waals surface area contributed by atoms with E-state index in [9.17, 15) is 15.2 Å². The SMILES string of the molecule is Cc1ccc(Sc2ccc([C@@H](C)O)cc2[N+](=O)[O-])cc1. The minimum atomic E-state index is -0.716. The second-order valence-electron chi connectivity index (χ2n) is 4.58. The van der Waals surface area contributed by atoms with Crippen molar-refractivity contribution in [3.63, 3.8) is 0 Å². The first-order chi connectivity index (χ1) is 9.47. The Morgan fingerprint density at radius 2 is 1.85 bits per heavy atom. The van der Waals surface area contributed by atoms with Crippen LogP contribution in [0.4, 0.5) is 5.69 Å². The molecule has 0 amide bonds. The van der Waals surface area contributed by atoms with E-state index in [0.717, 1.165) is 10.5 Å². The Labute approximate surface area is 121 Å². The van der Waals surface area contributed by atoms with E-state index in [1.165, 1.54) is 17.8 Å². The van der Waals surface area contributed by atoms with Crippen LogP contribution in [-0.2, 0) is 0 Å². The van der Waals surface area contributed by atoms with Gasteiger partial charge in [-0.3, -0.25) is 10.1 Å². The number of nitro benzene ring substituents is 1. The monoisotopic (exact) mass is 289 g/mol. The molecule has 4 nitrogen and oxygen atoms in total. The molecule has 2 aromatic rings. The zero-order valence-corrected chi connectivity index (χ0v) is 12.1. The molecule has 0 radical (unpaired) electrons. The van der Waals surface area contributed by atoms with Gasteiger partial charge in [0.05, 0.1) is 15.9 Å². The Hall–Kier alpha value is -1.85. The first-order valence-corrected chi connectivity index (χ1v) is 7.00. The summed E-state index contributed by atoms with van der Waals surface area (Å²) in [6.07, 6.45) is -0.716. The van der Waals surface area contributed by atoms with Crippen LogP contribution in [0.25, 0.3) is 0 Å². The second-order valence-corrected chi connectivity index (χ2v) is 5.69. The molecule has 0 aromatic heterocycles. The number of aryl methyl sites for hydroxylation is 1. The largest absolute Gasteiger partial charge is 0.389 e. The summed E-state index contributed by atoms with van der Waals surface area (Å²) in [6.45, 7) is 3.58. The quantitative estimate of drug-likeness (QED) is 0.679. The Morgan fingerprint density at radius 3 is 2.40 bits per heavy atom. The predicted octanol–water partition coefficient (Wildman–Crippen LogP) is 4.11. The van der Waals surface area contributed by atoms with Crippen molar-refractivity contribution in [2.75, 3.05) is 0 Å². The number of nitro groups is 1. The van der Waals surface area contributed by atoms with Gasteiger partial charge in [-0.1, -0.05) is 35.5 Å². The third-order valence-corrected chi connectivity index (χ3v) is 3.98. The summed E-state index contributed by atoms with van der Waals surface area (Å²) >= 11 is 1.35. The highest BCUT2D eigenvalue weighted by molar-refractivity contribution is 7.99. The molecule has 0 aliphatic carbocycles. The third kappa shape index (κ3) is 3.37. The topological polar surface area (TPSA) is 63.4 Å². The molecule has 20 heavy (non-hydrogen) atoms. The number of rotatable bonds is 4. The molecule has 2 aromatic carbocycles. The second kappa shape index (κ2) is 6.07. The number of aliphatic hydroxyl groups excluding tert-OH is 1. The van der Waals surface area contributed by atoms with Crippen molar-refractivity contribution in [1.29, 1.82) is 0 Å². The van der Waals surface area contributed by atoms with E-state index in [-0.39, 0.29) is 5.69 Å². The van der Waals surface area contributed by atoms with Crippen LogP contribution in [0.3, 0.4) is 0 Å². The fourth-order valence-electron chi connectivity index (χ4n) is 1.76. The van der Waals surface area contributed by atoms with Gasteiger partial charge in [0.2, 0.25) is 0 Å². The summed E-state index contributed by atoms with van der Waals surface area (Å²) in [7, 11) is 0. The standard InChI is InChI=1S/C15H15NO3S/c1-10-3-6-13(7-4-10)20-15-8-5-12(11(2)17)9-14(15)16(18)19/h3-9,11,17H,1-2H3/t11-/m1/s1.